The Morgan fingerprint density at radius 3 is 2.50 bits per heavy atom. The lowest BCUT2D eigenvalue weighted by molar-refractivity contribution is 0.00692. The Kier molecular flexibility index (Phi) is 4.13. The maximum atomic E-state index is 11.7. The normalized spacial score (nSPS) is 10.8. The zero-order valence-electron chi connectivity index (χ0n) is 10.5. The highest BCUT2D eigenvalue weighted by Crippen LogP contribution is 2.25. The number of rotatable bonds is 2. The molecule has 0 aliphatic carbocycles. The Morgan fingerprint density at radius 1 is 1.44 bits per heavy atom. The second-order valence-corrected chi connectivity index (χ2v) is 5.16. The summed E-state index contributed by atoms with van der Waals surface area (Å²) in [7, 11) is 0. The molecule has 0 radical (unpaired) electrons. The van der Waals surface area contributed by atoms with Crippen molar-refractivity contribution < 1.29 is 14.6 Å². The number of hydrogen-bond donors (Lipinski definition) is 3. The molecule has 0 amide bonds. The van der Waals surface area contributed by atoms with Crippen LogP contribution in [0.15, 0.2) is 18.2 Å². The highest BCUT2D eigenvalue weighted by Gasteiger charge is 2.18. The van der Waals surface area contributed by atoms with Crippen molar-refractivity contribution in [3.05, 3.63) is 23.8 Å². The first kappa shape index (κ1) is 14.2. The third kappa shape index (κ3) is 4.21. The molecule has 0 aliphatic rings. The van der Waals surface area contributed by atoms with E-state index >= 15 is 0 Å². The van der Waals surface area contributed by atoms with Crippen LogP contribution in [0.5, 0.6) is 5.75 Å². The third-order valence-corrected chi connectivity index (χ3v) is 1.99. The van der Waals surface area contributed by atoms with Crippen LogP contribution in [0.25, 0.3) is 0 Å². The minimum absolute atomic E-state index is 0.0373. The summed E-state index contributed by atoms with van der Waals surface area (Å²) in [6, 6.07) is 4.33. The smallest absolute Gasteiger partial charge is 0.338 e. The number of carbonyl (C=O) groups excluding carboxylic acids is 1. The lowest BCUT2D eigenvalue weighted by atomic mass is 10.1. The molecule has 0 bridgehead atoms. The zero-order valence-corrected chi connectivity index (χ0v) is 11.3. The Labute approximate surface area is 111 Å². The fourth-order valence-electron chi connectivity index (χ4n) is 1.23. The molecule has 1 aromatic carbocycles. The van der Waals surface area contributed by atoms with Gasteiger partial charge < -0.3 is 20.9 Å². The summed E-state index contributed by atoms with van der Waals surface area (Å²) >= 11 is 4.66. The molecule has 18 heavy (non-hydrogen) atoms. The summed E-state index contributed by atoms with van der Waals surface area (Å²) in [5.41, 5.74) is 5.31. The van der Waals surface area contributed by atoms with E-state index in [9.17, 15) is 9.90 Å². The van der Waals surface area contributed by atoms with Gasteiger partial charge in [-0.25, -0.2) is 4.79 Å². The van der Waals surface area contributed by atoms with Gasteiger partial charge in [0.2, 0.25) is 0 Å². The fraction of sp³-hybridized carbons (Fsp3) is 0.333. The number of anilines is 1. The number of phenolic OH excluding ortho intramolecular Hbond substituents is 1. The van der Waals surface area contributed by atoms with Gasteiger partial charge in [-0.15, -0.1) is 0 Å². The van der Waals surface area contributed by atoms with Crippen LogP contribution in [0, 0.1) is 0 Å². The van der Waals surface area contributed by atoms with Gasteiger partial charge in [-0.05, 0) is 51.2 Å². The van der Waals surface area contributed by atoms with Crippen molar-refractivity contribution in [2.24, 2.45) is 5.73 Å². The van der Waals surface area contributed by atoms with Gasteiger partial charge in [0.1, 0.15) is 11.4 Å². The number of nitrogens with one attached hydrogen (secondary N) is 1. The van der Waals surface area contributed by atoms with Gasteiger partial charge in [-0.3, -0.25) is 0 Å². The van der Waals surface area contributed by atoms with Crippen LogP contribution in [0.4, 0.5) is 5.69 Å². The van der Waals surface area contributed by atoms with E-state index in [2.05, 4.69) is 17.5 Å². The molecule has 0 spiro atoms. The molecule has 0 heterocycles. The van der Waals surface area contributed by atoms with Crippen LogP contribution < -0.4 is 11.1 Å². The quantitative estimate of drug-likeness (QED) is 0.432. The topological polar surface area (TPSA) is 84.6 Å². The fourth-order valence-corrected chi connectivity index (χ4v) is 1.34. The molecule has 4 N–H and O–H groups in total. The number of ether oxygens (including phenoxy) is 1. The van der Waals surface area contributed by atoms with E-state index in [1.54, 1.807) is 20.8 Å². The zero-order chi connectivity index (χ0) is 13.9. The maximum Gasteiger partial charge on any atom is 0.338 e. The molecule has 0 saturated carbocycles. The van der Waals surface area contributed by atoms with Gasteiger partial charge in [-0.2, -0.15) is 0 Å². The van der Waals surface area contributed by atoms with E-state index in [1.165, 1.54) is 18.2 Å². The summed E-state index contributed by atoms with van der Waals surface area (Å²) in [5.74, 6) is -0.620. The van der Waals surface area contributed by atoms with Crippen molar-refractivity contribution in [1.82, 2.24) is 0 Å². The lowest BCUT2D eigenvalue weighted by Crippen LogP contribution is -2.24. The van der Waals surface area contributed by atoms with Crippen LogP contribution >= 0.6 is 12.2 Å². The summed E-state index contributed by atoms with van der Waals surface area (Å²) < 4.78 is 5.18. The van der Waals surface area contributed by atoms with Crippen molar-refractivity contribution in [2.45, 2.75) is 26.4 Å². The van der Waals surface area contributed by atoms with Gasteiger partial charge in [0.15, 0.2) is 5.11 Å². The summed E-state index contributed by atoms with van der Waals surface area (Å²) in [5, 5.41) is 12.3. The number of benzene rings is 1. The molecule has 1 rings (SSSR count). The van der Waals surface area contributed by atoms with Crippen molar-refractivity contribution in [3.8, 4) is 5.75 Å². The molecule has 5 nitrogen and oxygen atoms in total. The molecule has 6 heteroatoms. The van der Waals surface area contributed by atoms with Gasteiger partial charge in [0, 0.05) is 0 Å². The van der Waals surface area contributed by atoms with E-state index in [0.29, 0.717) is 5.69 Å². The molecule has 0 fully saturated rings. The summed E-state index contributed by atoms with van der Waals surface area (Å²) in [6.45, 7) is 5.31. The van der Waals surface area contributed by atoms with Gasteiger partial charge in [-0.1, -0.05) is 0 Å². The summed E-state index contributed by atoms with van der Waals surface area (Å²) in [4.78, 5) is 11.7. The first-order chi connectivity index (χ1) is 8.19. The lowest BCUT2D eigenvalue weighted by Gasteiger charge is -2.19. The highest BCUT2D eigenvalue weighted by atomic mass is 32.1. The monoisotopic (exact) mass is 268 g/mol. The van der Waals surface area contributed by atoms with Crippen LogP contribution in [0.2, 0.25) is 0 Å². The first-order valence-electron chi connectivity index (χ1n) is 5.32. The highest BCUT2D eigenvalue weighted by molar-refractivity contribution is 7.80. The molecular formula is C12H16N2O3S. The third-order valence-electron chi connectivity index (χ3n) is 1.89. The second-order valence-electron chi connectivity index (χ2n) is 4.72. The number of carbonyl (C=O) groups is 1. The minimum atomic E-state index is -0.581. The molecule has 0 saturated heterocycles. The Morgan fingerprint density at radius 2 is 2.06 bits per heavy atom. The Bertz CT molecular complexity index is 481. The molecule has 0 aromatic heterocycles. The average molecular weight is 268 g/mol. The summed E-state index contributed by atoms with van der Waals surface area (Å²) in [6.07, 6.45) is 0. The average Bonchev–Trinajstić information content (AvgIpc) is 2.17. The van der Waals surface area contributed by atoms with E-state index < -0.39 is 11.6 Å². The predicted octanol–water partition coefficient (Wildman–Crippen LogP) is 2.00. The van der Waals surface area contributed by atoms with Gasteiger partial charge in [0.05, 0.1) is 11.3 Å². The second kappa shape index (κ2) is 5.22. The van der Waals surface area contributed by atoms with E-state index in [-0.39, 0.29) is 16.4 Å². The first-order valence-corrected chi connectivity index (χ1v) is 5.73. The number of esters is 1. The molecule has 1 aromatic rings. The number of phenols is 1. The Hall–Kier alpha value is -1.82. The van der Waals surface area contributed by atoms with E-state index in [0.717, 1.165) is 0 Å². The standard InChI is InChI=1S/C12H16N2O3S/c1-12(2,3)17-10(16)7-4-5-8(9(15)6-7)14-11(13)18/h4-6,15H,1-3H3,(H3,13,14,18). The van der Waals surface area contributed by atoms with Crippen LogP contribution in [0.3, 0.4) is 0 Å². The van der Waals surface area contributed by atoms with E-state index in [4.69, 9.17) is 10.5 Å². The number of hydrogen-bond acceptors (Lipinski definition) is 4. The number of nitrogens with two attached hydrogens (primary N) is 1. The van der Waals surface area contributed by atoms with Crippen LogP contribution in [0.1, 0.15) is 31.1 Å². The predicted molar refractivity (Wildman–Crippen MR) is 73.7 cm³/mol. The molecule has 98 valence electrons. The van der Waals surface area contributed by atoms with Gasteiger partial charge in [0.25, 0.3) is 0 Å². The minimum Gasteiger partial charge on any atom is -0.506 e. The largest absolute Gasteiger partial charge is 0.506 e. The molecule has 0 unspecified atom stereocenters. The van der Waals surface area contributed by atoms with Crippen molar-refractivity contribution in [2.75, 3.05) is 5.32 Å². The maximum absolute atomic E-state index is 11.7. The molecular weight excluding hydrogens is 252 g/mol. The van der Waals surface area contributed by atoms with Crippen LogP contribution in [-0.2, 0) is 4.74 Å². The van der Waals surface area contributed by atoms with E-state index in [1.807, 2.05) is 0 Å². The van der Waals surface area contributed by atoms with Crippen molar-refractivity contribution in [3.63, 3.8) is 0 Å². The Balaban J connectivity index is 2.90. The van der Waals surface area contributed by atoms with Crippen molar-refractivity contribution in [1.29, 1.82) is 0 Å². The van der Waals surface area contributed by atoms with Crippen molar-refractivity contribution >= 4 is 29.0 Å². The molecule has 0 atom stereocenters. The molecule has 0 aliphatic heterocycles. The number of aromatic hydroxyl groups is 1. The van der Waals surface area contributed by atoms with Crippen LogP contribution in [-0.4, -0.2) is 21.8 Å². The number of thiocarbonyl (C=S) groups is 1. The van der Waals surface area contributed by atoms with Gasteiger partial charge >= 0.3 is 5.97 Å². The SMILES string of the molecule is CC(C)(C)OC(=O)c1ccc(NC(N)=S)c(O)c1.